The standard InChI is InChI=1S/C24H39NO7S/c1-20-8-10-22(11-9-20)33(27,28)31-17-7-5-6-16-29-18-19-30-21-12-14-25(15-13-21)23(26)32-24(2,3)4/h8-11,21H,5-7,12-19H2,1-4H3. The molecule has 33 heavy (non-hydrogen) atoms. The zero-order valence-electron chi connectivity index (χ0n) is 20.4. The SMILES string of the molecule is Cc1ccc(S(=O)(=O)OCCCCCOCCOC2CCN(C(=O)OC(C)(C)C)CC2)cc1. The van der Waals surface area contributed by atoms with E-state index < -0.39 is 15.7 Å². The van der Waals surface area contributed by atoms with E-state index in [0.29, 0.717) is 39.3 Å². The van der Waals surface area contributed by atoms with Gasteiger partial charge < -0.3 is 19.1 Å². The van der Waals surface area contributed by atoms with Crippen molar-refractivity contribution in [2.24, 2.45) is 0 Å². The van der Waals surface area contributed by atoms with E-state index in [9.17, 15) is 13.2 Å². The van der Waals surface area contributed by atoms with Crippen molar-refractivity contribution in [3.8, 4) is 0 Å². The topological polar surface area (TPSA) is 91.4 Å². The minimum Gasteiger partial charge on any atom is -0.444 e. The fourth-order valence-corrected chi connectivity index (χ4v) is 4.27. The molecule has 0 unspecified atom stereocenters. The van der Waals surface area contributed by atoms with Crippen molar-refractivity contribution in [1.82, 2.24) is 4.90 Å². The molecule has 1 aliphatic heterocycles. The number of benzene rings is 1. The average molecular weight is 486 g/mol. The molecule has 1 aromatic carbocycles. The van der Waals surface area contributed by atoms with Crippen LogP contribution in [0.3, 0.4) is 0 Å². The van der Waals surface area contributed by atoms with Gasteiger partial charge in [-0.25, -0.2) is 4.79 Å². The van der Waals surface area contributed by atoms with Gasteiger partial charge in [0.2, 0.25) is 0 Å². The van der Waals surface area contributed by atoms with Crippen LogP contribution in [-0.2, 0) is 28.5 Å². The second-order valence-corrected chi connectivity index (χ2v) is 10.9. The van der Waals surface area contributed by atoms with Crippen LogP contribution in [0.1, 0.15) is 58.4 Å². The predicted molar refractivity (Wildman–Crippen MR) is 126 cm³/mol. The summed E-state index contributed by atoms with van der Waals surface area (Å²) in [6.45, 7) is 10.6. The normalized spacial score (nSPS) is 15.6. The van der Waals surface area contributed by atoms with Gasteiger partial charge in [0.05, 0.1) is 30.8 Å². The Morgan fingerprint density at radius 3 is 2.24 bits per heavy atom. The molecule has 0 spiro atoms. The first-order valence-corrected chi connectivity index (χ1v) is 13.1. The number of carbonyl (C=O) groups is 1. The average Bonchev–Trinajstić information content (AvgIpc) is 2.74. The van der Waals surface area contributed by atoms with Crippen molar-refractivity contribution in [3.05, 3.63) is 29.8 Å². The Bertz CT molecular complexity index is 810. The molecule has 2 rings (SSSR count). The maximum atomic E-state index is 12.1. The summed E-state index contributed by atoms with van der Waals surface area (Å²) in [6.07, 6.45) is 3.79. The molecular weight excluding hydrogens is 446 g/mol. The number of hydrogen-bond acceptors (Lipinski definition) is 7. The quantitative estimate of drug-likeness (QED) is 0.322. The second-order valence-electron chi connectivity index (χ2n) is 9.30. The van der Waals surface area contributed by atoms with Crippen LogP contribution in [0, 0.1) is 6.92 Å². The summed E-state index contributed by atoms with van der Waals surface area (Å²) in [6, 6.07) is 6.63. The molecule has 0 radical (unpaired) electrons. The van der Waals surface area contributed by atoms with Gasteiger partial charge in [0.1, 0.15) is 5.60 Å². The lowest BCUT2D eigenvalue weighted by atomic mass is 10.1. The molecule has 0 atom stereocenters. The third-order valence-corrected chi connectivity index (χ3v) is 6.48. The maximum Gasteiger partial charge on any atom is 0.410 e. The van der Waals surface area contributed by atoms with E-state index in [1.54, 1.807) is 29.2 Å². The summed E-state index contributed by atoms with van der Waals surface area (Å²) in [5.74, 6) is 0. The molecule has 8 nitrogen and oxygen atoms in total. The minimum absolute atomic E-state index is 0.139. The summed E-state index contributed by atoms with van der Waals surface area (Å²) in [4.78, 5) is 14.0. The monoisotopic (exact) mass is 485 g/mol. The van der Waals surface area contributed by atoms with E-state index in [0.717, 1.165) is 31.2 Å². The highest BCUT2D eigenvalue weighted by atomic mass is 32.2. The van der Waals surface area contributed by atoms with Crippen LogP contribution in [0.2, 0.25) is 0 Å². The summed E-state index contributed by atoms with van der Waals surface area (Å²) >= 11 is 0. The van der Waals surface area contributed by atoms with Crippen LogP contribution in [0.4, 0.5) is 4.79 Å². The van der Waals surface area contributed by atoms with Gasteiger partial charge in [-0.15, -0.1) is 0 Å². The highest BCUT2D eigenvalue weighted by Gasteiger charge is 2.27. The minimum atomic E-state index is -3.69. The lowest BCUT2D eigenvalue weighted by Crippen LogP contribution is -2.43. The summed E-state index contributed by atoms with van der Waals surface area (Å²) in [7, 11) is -3.69. The Morgan fingerprint density at radius 2 is 1.61 bits per heavy atom. The Kier molecular flexibility index (Phi) is 11.1. The van der Waals surface area contributed by atoms with E-state index >= 15 is 0 Å². The molecule has 1 heterocycles. The van der Waals surface area contributed by atoms with Crippen LogP contribution in [0.15, 0.2) is 29.2 Å². The number of piperidine rings is 1. The molecule has 1 saturated heterocycles. The predicted octanol–water partition coefficient (Wildman–Crippen LogP) is 4.30. The third-order valence-electron chi connectivity index (χ3n) is 5.16. The molecule has 1 aromatic rings. The fraction of sp³-hybridized carbons (Fsp3) is 0.708. The Morgan fingerprint density at radius 1 is 0.970 bits per heavy atom. The van der Waals surface area contributed by atoms with Crippen molar-refractivity contribution in [2.75, 3.05) is 39.5 Å². The molecule has 1 fully saturated rings. The number of nitrogens with zero attached hydrogens (tertiary/aromatic N) is 1. The van der Waals surface area contributed by atoms with Crippen LogP contribution in [0.5, 0.6) is 0 Å². The van der Waals surface area contributed by atoms with Crippen molar-refractivity contribution in [2.45, 2.75) is 76.4 Å². The van der Waals surface area contributed by atoms with Crippen LogP contribution in [0.25, 0.3) is 0 Å². The number of hydrogen-bond donors (Lipinski definition) is 0. The van der Waals surface area contributed by atoms with Gasteiger partial charge in [-0.05, 0) is 71.9 Å². The molecule has 0 bridgehead atoms. The summed E-state index contributed by atoms with van der Waals surface area (Å²) in [5, 5.41) is 0. The van der Waals surface area contributed by atoms with E-state index in [1.165, 1.54) is 0 Å². The summed E-state index contributed by atoms with van der Waals surface area (Å²) < 4.78 is 46.1. The van der Waals surface area contributed by atoms with E-state index in [2.05, 4.69) is 0 Å². The second kappa shape index (κ2) is 13.3. The van der Waals surface area contributed by atoms with Crippen LogP contribution in [-0.4, -0.2) is 70.6 Å². The zero-order valence-corrected chi connectivity index (χ0v) is 21.2. The smallest absolute Gasteiger partial charge is 0.410 e. The van der Waals surface area contributed by atoms with Gasteiger partial charge in [-0.2, -0.15) is 8.42 Å². The van der Waals surface area contributed by atoms with Crippen LogP contribution >= 0.6 is 0 Å². The number of likely N-dealkylation sites (tertiary alicyclic amines) is 1. The van der Waals surface area contributed by atoms with Gasteiger partial charge in [0.15, 0.2) is 0 Å². The number of unbranched alkanes of at least 4 members (excludes halogenated alkanes) is 2. The van der Waals surface area contributed by atoms with Crippen molar-refractivity contribution >= 4 is 16.2 Å². The van der Waals surface area contributed by atoms with Gasteiger partial charge in [-0.3, -0.25) is 4.18 Å². The number of ether oxygens (including phenoxy) is 3. The Balaban J connectivity index is 1.45. The molecule has 188 valence electrons. The largest absolute Gasteiger partial charge is 0.444 e. The molecule has 1 aliphatic rings. The first-order valence-electron chi connectivity index (χ1n) is 11.7. The lowest BCUT2D eigenvalue weighted by molar-refractivity contribution is -0.0296. The van der Waals surface area contributed by atoms with E-state index in [1.807, 2.05) is 27.7 Å². The van der Waals surface area contributed by atoms with Crippen molar-refractivity contribution in [3.63, 3.8) is 0 Å². The number of aryl methyl sites for hydroxylation is 1. The van der Waals surface area contributed by atoms with E-state index in [4.69, 9.17) is 18.4 Å². The third kappa shape index (κ3) is 10.9. The number of amides is 1. The van der Waals surface area contributed by atoms with Gasteiger partial charge in [0, 0.05) is 19.7 Å². The molecular formula is C24H39NO7S. The lowest BCUT2D eigenvalue weighted by Gasteiger charge is -2.33. The summed E-state index contributed by atoms with van der Waals surface area (Å²) in [5.41, 5.74) is 0.524. The van der Waals surface area contributed by atoms with E-state index in [-0.39, 0.29) is 23.7 Å². The van der Waals surface area contributed by atoms with Gasteiger partial charge >= 0.3 is 6.09 Å². The molecule has 0 aromatic heterocycles. The zero-order chi connectivity index (χ0) is 24.3. The van der Waals surface area contributed by atoms with Crippen molar-refractivity contribution < 1.29 is 31.6 Å². The Hall–Kier alpha value is -1.68. The maximum absolute atomic E-state index is 12.1. The number of rotatable bonds is 12. The first kappa shape index (κ1) is 27.6. The first-order chi connectivity index (χ1) is 15.6. The molecule has 0 saturated carbocycles. The molecule has 9 heteroatoms. The highest BCUT2D eigenvalue weighted by Crippen LogP contribution is 2.17. The molecule has 0 N–H and O–H groups in total. The molecule has 1 amide bonds. The van der Waals surface area contributed by atoms with Gasteiger partial charge in [-0.1, -0.05) is 17.7 Å². The Labute approximate surface area is 198 Å². The fourth-order valence-electron chi connectivity index (χ4n) is 3.33. The van der Waals surface area contributed by atoms with Gasteiger partial charge in [0.25, 0.3) is 10.1 Å². The van der Waals surface area contributed by atoms with Crippen LogP contribution < -0.4 is 0 Å². The molecule has 0 aliphatic carbocycles. The highest BCUT2D eigenvalue weighted by molar-refractivity contribution is 7.86. The van der Waals surface area contributed by atoms with Crippen molar-refractivity contribution in [1.29, 1.82) is 0 Å². The number of carbonyl (C=O) groups excluding carboxylic acids is 1.